The fourth-order valence-corrected chi connectivity index (χ4v) is 2.93. The molecular formula is C20H19ClF3NO5. The van der Waals surface area contributed by atoms with E-state index in [0.29, 0.717) is 18.0 Å². The molecule has 3 N–H and O–H groups in total. The second kappa shape index (κ2) is 10.3. The standard InChI is InChI=1S/C18H18ClNO3.C2HF3O2/c19-15-4-2-1-3-13(15)10-16(18(21)22)20-11-12-5-6-17-14(9-12)7-8-23-17;3-2(4,5)1(6)7/h1-6,9,16,20H,7-8,10-11H2,(H,21,22);(H,6,7). The fraction of sp³-hybridized carbons (Fsp3) is 0.300. The first-order valence-corrected chi connectivity index (χ1v) is 9.20. The Balaban J connectivity index is 0.000000396. The van der Waals surface area contributed by atoms with E-state index >= 15 is 0 Å². The van der Waals surface area contributed by atoms with Crippen LogP contribution < -0.4 is 10.1 Å². The molecule has 0 saturated heterocycles. The highest BCUT2D eigenvalue weighted by molar-refractivity contribution is 6.31. The van der Waals surface area contributed by atoms with Gasteiger partial charge in [-0.1, -0.05) is 41.9 Å². The number of fused-ring (bicyclic) bond motifs is 1. The molecule has 1 heterocycles. The first-order chi connectivity index (χ1) is 14.1. The topological polar surface area (TPSA) is 95.9 Å². The molecule has 0 radical (unpaired) electrons. The van der Waals surface area contributed by atoms with E-state index in [9.17, 15) is 23.1 Å². The van der Waals surface area contributed by atoms with Crippen LogP contribution in [0.3, 0.4) is 0 Å². The van der Waals surface area contributed by atoms with E-state index in [1.54, 1.807) is 6.07 Å². The second-order valence-electron chi connectivity index (χ2n) is 6.41. The lowest BCUT2D eigenvalue weighted by molar-refractivity contribution is -0.192. The highest BCUT2D eigenvalue weighted by atomic mass is 35.5. The lowest BCUT2D eigenvalue weighted by Crippen LogP contribution is -2.38. The normalized spacial score (nSPS) is 13.5. The zero-order chi connectivity index (χ0) is 22.3. The number of halogens is 4. The van der Waals surface area contributed by atoms with Gasteiger partial charge in [0.05, 0.1) is 6.61 Å². The Morgan fingerprint density at radius 1 is 1.17 bits per heavy atom. The molecule has 0 fully saturated rings. The van der Waals surface area contributed by atoms with E-state index in [2.05, 4.69) is 11.4 Å². The number of hydrogen-bond acceptors (Lipinski definition) is 4. The Morgan fingerprint density at radius 3 is 2.43 bits per heavy atom. The number of ether oxygens (including phenoxy) is 1. The Morgan fingerprint density at radius 2 is 1.83 bits per heavy atom. The summed E-state index contributed by atoms with van der Waals surface area (Å²) in [6, 6.07) is 12.6. The lowest BCUT2D eigenvalue weighted by Gasteiger charge is -2.15. The summed E-state index contributed by atoms with van der Waals surface area (Å²) >= 11 is 6.12. The summed E-state index contributed by atoms with van der Waals surface area (Å²) in [5.41, 5.74) is 3.07. The van der Waals surface area contributed by atoms with Crippen LogP contribution in [-0.4, -0.2) is 41.0 Å². The van der Waals surface area contributed by atoms with Crippen LogP contribution in [0, 0.1) is 0 Å². The number of hydrogen-bond donors (Lipinski definition) is 3. The molecule has 1 unspecified atom stereocenters. The van der Waals surface area contributed by atoms with Gasteiger partial charge in [-0.25, -0.2) is 4.79 Å². The summed E-state index contributed by atoms with van der Waals surface area (Å²) in [7, 11) is 0. The third-order valence-corrected chi connectivity index (χ3v) is 4.60. The number of nitrogens with one attached hydrogen (secondary N) is 1. The SMILES string of the molecule is O=C(O)C(Cc1ccccc1Cl)NCc1ccc2c(c1)CCO2.O=C(O)C(F)(F)F. The highest BCUT2D eigenvalue weighted by Crippen LogP contribution is 2.26. The fourth-order valence-electron chi connectivity index (χ4n) is 2.72. The first-order valence-electron chi connectivity index (χ1n) is 8.82. The van der Waals surface area contributed by atoms with Gasteiger partial charge in [0.15, 0.2) is 0 Å². The van der Waals surface area contributed by atoms with Gasteiger partial charge in [-0.2, -0.15) is 13.2 Å². The second-order valence-corrected chi connectivity index (χ2v) is 6.82. The van der Waals surface area contributed by atoms with Gasteiger partial charge in [0.2, 0.25) is 0 Å². The molecule has 2 aromatic carbocycles. The third kappa shape index (κ3) is 6.93. The molecule has 162 valence electrons. The average molecular weight is 446 g/mol. The molecule has 30 heavy (non-hydrogen) atoms. The summed E-state index contributed by atoms with van der Waals surface area (Å²) in [5.74, 6) is -2.71. The molecule has 10 heteroatoms. The Hall–Kier alpha value is -2.78. The minimum Gasteiger partial charge on any atom is -0.493 e. The minimum atomic E-state index is -5.08. The predicted octanol–water partition coefficient (Wildman–Crippen LogP) is 3.69. The van der Waals surface area contributed by atoms with Crippen molar-refractivity contribution in [3.05, 3.63) is 64.2 Å². The van der Waals surface area contributed by atoms with Gasteiger partial charge in [-0.05, 0) is 35.2 Å². The molecule has 1 aliphatic heterocycles. The third-order valence-electron chi connectivity index (χ3n) is 4.23. The van der Waals surface area contributed by atoms with Crippen LogP contribution in [0.4, 0.5) is 13.2 Å². The number of aliphatic carboxylic acids is 2. The Kier molecular flexibility index (Phi) is 8.08. The van der Waals surface area contributed by atoms with Crippen LogP contribution in [0.15, 0.2) is 42.5 Å². The molecule has 3 rings (SSSR count). The molecule has 1 aliphatic rings. The zero-order valence-corrected chi connectivity index (χ0v) is 16.3. The number of carboxylic acids is 2. The quantitative estimate of drug-likeness (QED) is 0.627. The minimum absolute atomic E-state index is 0.350. The number of rotatable bonds is 6. The maximum Gasteiger partial charge on any atom is 0.490 e. The summed E-state index contributed by atoms with van der Waals surface area (Å²) < 4.78 is 37.2. The molecule has 6 nitrogen and oxygen atoms in total. The van der Waals surface area contributed by atoms with Crippen molar-refractivity contribution in [3.63, 3.8) is 0 Å². The number of carbonyl (C=O) groups is 2. The van der Waals surface area contributed by atoms with Crippen LogP contribution >= 0.6 is 11.6 Å². The molecule has 0 aromatic heterocycles. The summed E-state index contributed by atoms with van der Waals surface area (Å²) in [5, 5.41) is 20.3. The first kappa shape index (κ1) is 23.5. The van der Waals surface area contributed by atoms with E-state index < -0.39 is 24.2 Å². The Bertz CT molecular complexity index is 904. The van der Waals surface area contributed by atoms with Gasteiger partial charge < -0.3 is 20.3 Å². The van der Waals surface area contributed by atoms with Gasteiger partial charge in [0.1, 0.15) is 11.8 Å². The van der Waals surface area contributed by atoms with Gasteiger partial charge in [0, 0.05) is 18.0 Å². The van der Waals surface area contributed by atoms with Crippen molar-refractivity contribution in [2.24, 2.45) is 0 Å². The van der Waals surface area contributed by atoms with E-state index in [1.165, 1.54) is 5.56 Å². The van der Waals surface area contributed by atoms with Crippen molar-refractivity contribution >= 4 is 23.5 Å². The molecule has 0 saturated carbocycles. The van der Waals surface area contributed by atoms with Gasteiger partial charge in [-0.3, -0.25) is 4.79 Å². The van der Waals surface area contributed by atoms with Crippen molar-refractivity contribution in [1.82, 2.24) is 5.32 Å². The van der Waals surface area contributed by atoms with Crippen LogP contribution in [-0.2, 0) is 29.0 Å². The van der Waals surface area contributed by atoms with Crippen molar-refractivity contribution in [3.8, 4) is 5.75 Å². The monoisotopic (exact) mass is 445 g/mol. The molecule has 0 aliphatic carbocycles. The number of carboxylic acid groups (broad SMARTS) is 2. The van der Waals surface area contributed by atoms with Crippen molar-refractivity contribution in [1.29, 1.82) is 0 Å². The Labute approximate surface area is 175 Å². The van der Waals surface area contributed by atoms with E-state index in [0.717, 1.165) is 29.9 Å². The van der Waals surface area contributed by atoms with Crippen LogP contribution in [0.1, 0.15) is 16.7 Å². The van der Waals surface area contributed by atoms with Gasteiger partial charge in [0.25, 0.3) is 0 Å². The summed E-state index contributed by atoms with van der Waals surface area (Å²) in [4.78, 5) is 20.4. The summed E-state index contributed by atoms with van der Waals surface area (Å²) in [6.07, 6.45) is -3.83. The predicted molar refractivity (Wildman–Crippen MR) is 103 cm³/mol. The maximum atomic E-state index is 11.5. The average Bonchev–Trinajstić information content (AvgIpc) is 3.13. The summed E-state index contributed by atoms with van der Waals surface area (Å²) in [6.45, 7) is 1.21. The van der Waals surface area contributed by atoms with Crippen molar-refractivity contribution < 1.29 is 37.7 Å². The maximum absolute atomic E-state index is 11.5. The van der Waals surface area contributed by atoms with Gasteiger partial charge in [-0.15, -0.1) is 0 Å². The number of alkyl halides is 3. The van der Waals surface area contributed by atoms with E-state index in [4.69, 9.17) is 26.2 Å². The molecule has 1 atom stereocenters. The molecule has 0 spiro atoms. The molecular weight excluding hydrogens is 427 g/mol. The molecule has 0 bridgehead atoms. The largest absolute Gasteiger partial charge is 0.493 e. The van der Waals surface area contributed by atoms with Crippen LogP contribution in [0.2, 0.25) is 5.02 Å². The smallest absolute Gasteiger partial charge is 0.490 e. The van der Waals surface area contributed by atoms with Crippen LogP contribution in [0.5, 0.6) is 5.75 Å². The lowest BCUT2D eigenvalue weighted by atomic mass is 10.0. The number of benzene rings is 2. The molecule has 0 amide bonds. The van der Waals surface area contributed by atoms with Gasteiger partial charge >= 0.3 is 18.1 Å². The van der Waals surface area contributed by atoms with Crippen molar-refractivity contribution in [2.45, 2.75) is 31.6 Å². The van der Waals surface area contributed by atoms with E-state index in [-0.39, 0.29) is 0 Å². The van der Waals surface area contributed by atoms with E-state index in [1.807, 2.05) is 30.3 Å². The highest BCUT2D eigenvalue weighted by Gasteiger charge is 2.38. The van der Waals surface area contributed by atoms with Crippen molar-refractivity contribution in [2.75, 3.05) is 6.61 Å². The van der Waals surface area contributed by atoms with Crippen LogP contribution in [0.25, 0.3) is 0 Å². The molecule has 2 aromatic rings. The zero-order valence-electron chi connectivity index (χ0n) is 15.6.